The summed E-state index contributed by atoms with van der Waals surface area (Å²) >= 11 is 0. The molecule has 0 saturated heterocycles. The van der Waals surface area contributed by atoms with Gasteiger partial charge in [0.2, 0.25) is 5.91 Å². The maximum Gasteiger partial charge on any atom is 0.224 e. The van der Waals surface area contributed by atoms with Crippen LogP contribution >= 0.6 is 0 Å². The van der Waals surface area contributed by atoms with E-state index in [1.54, 1.807) is 0 Å². The number of hydrogen-bond donors (Lipinski definition) is 1. The first kappa shape index (κ1) is 15.3. The van der Waals surface area contributed by atoms with Crippen LogP contribution in [0.4, 0.5) is 5.69 Å². The number of aromatic nitrogens is 2. The van der Waals surface area contributed by atoms with Crippen LogP contribution in [0, 0.1) is 0 Å². The van der Waals surface area contributed by atoms with Gasteiger partial charge in [-0.1, -0.05) is 43.7 Å². The molecule has 4 heteroatoms. The number of fused-ring (bicyclic) bond motifs is 1. The fraction of sp³-hybridized carbons (Fsp3) is 0.263. The van der Waals surface area contributed by atoms with Gasteiger partial charge >= 0.3 is 0 Å². The number of hydrogen-bond acceptors (Lipinski definition) is 2. The molecule has 1 N–H and O–H groups in total. The zero-order chi connectivity index (χ0) is 16.1. The SMILES string of the molecule is CCCCC(=O)Nc1ccc2c(c1)ncn2Cc1ccccc1. The van der Waals surface area contributed by atoms with Gasteiger partial charge in [0.15, 0.2) is 0 Å². The summed E-state index contributed by atoms with van der Waals surface area (Å²) in [4.78, 5) is 16.3. The predicted molar refractivity (Wildman–Crippen MR) is 93.4 cm³/mol. The zero-order valence-corrected chi connectivity index (χ0v) is 13.3. The van der Waals surface area contributed by atoms with Gasteiger partial charge in [-0.15, -0.1) is 0 Å². The quantitative estimate of drug-likeness (QED) is 0.741. The lowest BCUT2D eigenvalue weighted by Crippen LogP contribution is -2.10. The molecule has 0 radical (unpaired) electrons. The molecule has 0 spiro atoms. The lowest BCUT2D eigenvalue weighted by Gasteiger charge is -2.07. The first-order valence-corrected chi connectivity index (χ1v) is 8.05. The molecule has 1 heterocycles. The van der Waals surface area contributed by atoms with E-state index >= 15 is 0 Å². The second-order valence-electron chi connectivity index (χ2n) is 5.71. The van der Waals surface area contributed by atoms with Gasteiger partial charge in [-0.05, 0) is 30.2 Å². The van der Waals surface area contributed by atoms with Crippen LogP contribution in [-0.4, -0.2) is 15.5 Å². The molecule has 0 aliphatic rings. The number of amides is 1. The molecule has 118 valence electrons. The minimum Gasteiger partial charge on any atom is -0.326 e. The van der Waals surface area contributed by atoms with Gasteiger partial charge in [0.1, 0.15) is 0 Å². The van der Waals surface area contributed by atoms with Crippen LogP contribution in [0.15, 0.2) is 54.9 Å². The number of carbonyl (C=O) groups excluding carboxylic acids is 1. The van der Waals surface area contributed by atoms with E-state index in [0.29, 0.717) is 6.42 Å². The van der Waals surface area contributed by atoms with Crippen molar-refractivity contribution in [3.05, 3.63) is 60.4 Å². The van der Waals surface area contributed by atoms with Crippen molar-refractivity contribution in [3.63, 3.8) is 0 Å². The van der Waals surface area contributed by atoms with E-state index in [1.165, 1.54) is 5.56 Å². The topological polar surface area (TPSA) is 46.9 Å². The van der Waals surface area contributed by atoms with E-state index in [1.807, 2.05) is 42.7 Å². The van der Waals surface area contributed by atoms with Gasteiger partial charge in [-0.25, -0.2) is 4.98 Å². The Hall–Kier alpha value is -2.62. The molecule has 4 nitrogen and oxygen atoms in total. The molecule has 3 rings (SSSR count). The van der Waals surface area contributed by atoms with E-state index in [-0.39, 0.29) is 5.91 Å². The Kier molecular flexibility index (Phi) is 4.71. The highest BCUT2D eigenvalue weighted by molar-refractivity contribution is 5.93. The molecule has 23 heavy (non-hydrogen) atoms. The molecule has 0 aliphatic heterocycles. The molecule has 0 bridgehead atoms. The van der Waals surface area contributed by atoms with Gasteiger partial charge in [-0.3, -0.25) is 4.79 Å². The van der Waals surface area contributed by atoms with Crippen LogP contribution in [0.1, 0.15) is 31.7 Å². The Balaban J connectivity index is 1.76. The van der Waals surface area contributed by atoms with Gasteiger partial charge in [0.05, 0.1) is 17.4 Å². The summed E-state index contributed by atoms with van der Waals surface area (Å²) in [5.41, 5.74) is 4.02. The third kappa shape index (κ3) is 3.77. The smallest absolute Gasteiger partial charge is 0.224 e. The largest absolute Gasteiger partial charge is 0.326 e. The molecule has 0 saturated carbocycles. The minimum atomic E-state index is 0.0647. The lowest BCUT2D eigenvalue weighted by atomic mass is 10.2. The number of carbonyl (C=O) groups is 1. The van der Waals surface area contributed by atoms with Gasteiger partial charge in [-0.2, -0.15) is 0 Å². The Bertz CT molecular complexity index is 793. The predicted octanol–water partition coefficient (Wildman–Crippen LogP) is 4.21. The molecule has 1 aromatic heterocycles. The highest BCUT2D eigenvalue weighted by atomic mass is 16.1. The average molecular weight is 307 g/mol. The Morgan fingerprint density at radius 3 is 2.78 bits per heavy atom. The summed E-state index contributed by atoms with van der Waals surface area (Å²) < 4.78 is 2.12. The van der Waals surface area contributed by atoms with E-state index in [0.717, 1.165) is 36.1 Å². The van der Waals surface area contributed by atoms with Crippen molar-refractivity contribution in [2.24, 2.45) is 0 Å². The summed E-state index contributed by atoms with van der Waals surface area (Å²) in [5, 5.41) is 2.94. The fourth-order valence-corrected chi connectivity index (χ4v) is 2.61. The molecular weight excluding hydrogens is 286 g/mol. The number of nitrogens with one attached hydrogen (secondary N) is 1. The third-order valence-corrected chi connectivity index (χ3v) is 3.86. The van der Waals surface area contributed by atoms with Crippen molar-refractivity contribution in [1.82, 2.24) is 9.55 Å². The molecule has 0 fully saturated rings. The highest BCUT2D eigenvalue weighted by Crippen LogP contribution is 2.19. The van der Waals surface area contributed by atoms with Gasteiger partial charge < -0.3 is 9.88 Å². The van der Waals surface area contributed by atoms with Crippen molar-refractivity contribution in [3.8, 4) is 0 Å². The highest BCUT2D eigenvalue weighted by Gasteiger charge is 2.06. The normalized spacial score (nSPS) is 10.8. The minimum absolute atomic E-state index is 0.0647. The second kappa shape index (κ2) is 7.09. The van der Waals surface area contributed by atoms with Gasteiger partial charge in [0.25, 0.3) is 0 Å². The number of benzene rings is 2. The van der Waals surface area contributed by atoms with Crippen molar-refractivity contribution in [1.29, 1.82) is 0 Å². The van der Waals surface area contributed by atoms with Crippen LogP contribution in [-0.2, 0) is 11.3 Å². The van der Waals surface area contributed by atoms with E-state index < -0.39 is 0 Å². The number of imidazole rings is 1. The summed E-state index contributed by atoms with van der Waals surface area (Å²) in [6.07, 6.45) is 4.35. The Morgan fingerprint density at radius 2 is 2.00 bits per heavy atom. The van der Waals surface area contributed by atoms with Crippen molar-refractivity contribution in [2.45, 2.75) is 32.7 Å². The first-order chi connectivity index (χ1) is 11.3. The molecule has 0 unspecified atom stereocenters. The summed E-state index contributed by atoms with van der Waals surface area (Å²) in [5.74, 6) is 0.0647. The second-order valence-corrected chi connectivity index (χ2v) is 5.71. The maximum atomic E-state index is 11.8. The molecule has 1 amide bonds. The number of unbranched alkanes of at least 4 members (excludes halogenated alkanes) is 1. The van der Waals surface area contributed by atoms with E-state index in [9.17, 15) is 4.79 Å². The average Bonchev–Trinajstić information content (AvgIpc) is 2.96. The number of anilines is 1. The summed E-state index contributed by atoms with van der Waals surface area (Å²) in [6.45, 7) is 2.87. The fourth-order valence-electron chi connectivity index (χ4n) is 2.61. The molecule has 0 aliphatic carbocycles. The molecule has 3 aromatic rings. The lowest BCUT2D eigenvalue weighted by molar-refractivity contribution is -0.116. The number of rotatable bonds is 6. The van der Waals surface area contributed by atoms with Crippen LogP contribution in [0.3, 0.4) is 0 Å². The maximum absolute atomic E-state index is 11.8. The van der Waals surface area contributed by atoms with Gasteiger partial charge in [0, 0.05) is 18.7 Å². The van der Waals surface area contributed by atoms with Crippen molar-refractivity contribution in [2.75, 3.05) is 5.32 Å². The van der Waals surface area contributed by atoms with Crippen molar-refractivity contribution < 1.29 is 4.79 Å². The summed E-state index contributed by atoms with van der Waals surface area (Å²) in [6, 6.07) is 16.2. The molecule has 2 aromatic carbocycles. The third-order valence-electron chi connectivity index (χ3n) is 3.86. The van der Waals surface area contributed by atoms with Crippen LogP contribution < -0.4 is 5.32 Å². The van der Waals surface area contributed by atoms with Crippen LogP contribution in [0.5, 0.6) is 0 Å². The van der Waals surface area contributed by atoms with Crippen LogP contribution in [0.25, 0.3) is 11.0 Å². The Labute approximate surface area is 136 Å². The molecule has 0 atom stereocenters. The molecular formula is C19H21N3O. The van der Waals surface area contributed by atoms with E-state index in [2.05, 4.69) is 33.9 Å². The Morgan fingerprint density at radius 1 is 1.17 bits per heavy atom. The van der Waals surface area contributed by atoms with E-state index in [4.69, 9.17) is 0 Å². The van der Waals surface area contributed by atoms with Crippen molar-refractivity contribution >= 4 is 22.6 Å². The standard InChI is InChI=1S/C19H21N3O/c1-2-3-9-19(23)21-16-10-11-18-17(12-16)20-14-22(18)13-15-7-5-4-6-8-15/h4-8,10-12,14H,2-3,9,13H2,1H3,(H,21,23). The first-order valence-electron chi connectivity index (χ1n) is 8.05. The summed E-state index contributed by atoms with van der Waals surface area (Å²) in [7, 11) is 0. The van der Waals surface area contributed by atoms with Crippen LogP contribution in [0.2, 0.25) is 0 Å². The zero-order valence-electron chi connectivity index (χ0n) is 13.3. The number of nitrogens with zero attached hydrogens (tertiary/aromatic N) is 2. The monoisotopic (exact) mass is 307 g/mol.